The molecule has 1 saturated heterocycles. The number of carboxylic acid groups (broad SMARTS) is 1. The number of para-hydroxylation sites is 1. The van der Waals surface area contributed by atoms with Gasteiger partial charge in [-0.25, -0.2) is 9.48 Å². The van der Waals surface area contributed by atoms with E-state index in [2.05, 4.69) is 20.8 Å². The van der Waals surface area contributed by atoms with Gasteiger partial charge >= 0.3 is 5.97 Å². The van der Waals surface area contributed by atoms with E-state index in [4.69, 9.17) is 0 Å². The Hall–Kier alpha value is -3.32. The van der Waals surface area contributed by atoms with Crippen molar-refractivity contribution >= 4 is 52.2 Å². The van der Waals surface area contributed by atoms with Crippen molar-refractivity contribution < 1.29 is 19.5 Å². The van der Waals surface area contributed by atoms with E-state index < -0.39 is 23.3 Å². The predicted molar refractivity (Wildman–Crippen MR) is 121 cm³/mol. The maximum atomic E-state index is 12.8. The number of β-lactam (4-membered cyclic amide) rings is 1. The van der Waals surface area contributed by atoms with Gasteiger partial charge in [0.25, 0.3) is 5.91 Å². The summed E-state index contributed by atoms with van der Waals surface area (Å²) < 4.78 is 3.32. The molecule has 0 bridgehead atoms. The van der Waals surface area contributed by atoms with Crippen LogP contribution >= 0.6 is 23.5 Å². The molecule has 33 heavy (non-hydrogen) atoms. The van der Waals surface area contributed by atoms with Crippen LogP contribution in [0.2, 0.25) is 0 Å². The summed E-state index contributed by atoms with van der Waals surface area (Å²) in [6.45, 7) is 0.0733. The van der Waals surface area contributed by atoms with Gasteiger partial charge in [0, 0.05) is 30.3 Å². The van der Waals surface area contributed by atoms with Crippen LogP contribution in [0.5, 0.6) is 0 Å². The minimum absolute atomic E-state index is 0.0201. The zero-order valence-electron chi connectivity index (χ0n) is 17.4. The molecule has 3 aromatic rings. The van der Waals surface area contributed by atoms with Crippen LogP contribution in [-0.4, -0.2) is 75.5 Å². The molecule has 2 aliphatic rings. The number of fused-ring (bicyclic) bond motifs is 2. The molecule has 1 aromatic carbocycles. The molecule has 2 aromatic heterocycles. The highest BCUT2D eigenvalue weighted by Crippen LogP contribution is 2.41. The highest BCUT2D eigenvalue weighted by atomic mass is 32.2. The van der Waals surface area contributed by atoms with Gasteiger partial charge in [-0.2, -0.15) is 0 Å². The summed E-state index contributed by atoms with van der Waals surface area (Å²) in [6, 6.07) is 8.90. The van der Waals surface area contributed by atoms with Gasteiger partial charge in [0.05, 0.1) is 0 Å². The Morgan fingerprint density at radius 1 is 1.30 bits per heavy atom. The Balaban J connectivity index is 1.27. The summed E-state index contributed by atoms with van der Waals surface area (Å²) >= 11 is 2.74. The van der Waals surface area contributed by atoms with Gasteiger partial charge in [-0.15, -0.1) is 16.9 Å². The summed E-state index contributed by atoms with van der Waals surface area (Å²) in [6.07, 6.45) is 1.83. The number of rotatable bonds is 7. The van der Waals surface area contributed by atoms with Crippen LogP contribution in [0, 0.1) is 0 Å². The first-order chi connectivity index (χ1) is 15.9. The van der Waals surface area contributed by atoms with Gasteiger partial charge in [-0.1, -0.05) is 30.0 Å². The quantitative estimate of drug-likeness (QED) is 0.366. The molecular formula is C20H19N7O4S2. The van der Waals surface area contributed by atoms with Gasteiger partial charge in [0.1, 0.15) is 23.7 Å². The van der Waals surface area contributed by atoms with Crippen LogP contribution in [0.3, 0.4) is 0 Å². The molecule has 11 nitrogen and oxygen atoms in total. The first-order valence-electron chi connectivity index (χ1n) is 10.0. The fraction of sp³-hybridized carbons (Fsp3) is 0.300. The largest absolute Gasteiger partial charge is 0.477 e. The molecule has 0 saturated carbocycles. The van der Waals surface area contributed by atoms with Crippen LogP contribution in [0.1, 0.15) is 0 Å². The minimum Gasteiger partial charge on any atom is -0.477 e. The highest BCUT2D eigenvalue weighted by molar-refractivity contribution is 8.01. The van der Waals surface area contributed by atoms with Crippen molar-refractivity contribution in [1.82, 2.24) is 35.0 Å². The zero-order valence-corrected chi connectivity index (χ0v) is 19.0. The SMILES string of the molecule is Cn1nnnc1SCC1=C(C(=O)O)N2C(=O)C(NC(=O)Cn3ccc4ccccc43)C2SC1. The molecule has 2 amide bonds. The maximum Gasteiger partial charge on any atom is 0.352 e. The number of benzene rings is 1. The number of amides is 2. The number of aliphatic carboxylic acids is 1. The normalized spacial score (nSPS) is 20.0. The molecule has 4 heterocycles. The van der Waals surface area contributed by atoms with Crippen molar-refractivity contribution in [1.29, 1.82) is 0 Å². The fourth-order valence-corrected chi connectivity index (χ4v) is 6.28. The number of aryl methyl sites for hydroxylation is 1. The van der Waals surface area contributed by atoms with Gasteiger partial charge in [0.15, 0.2) is 0 Å². The van der Waals surface area contributed by atoms with Crippen molar-refractivity contribution in [3.63, 3.8) is 0 Å². The lowest BCUT2D eigenvalue weighted by Crippen LogP contribution is -2.70. The molecule has 0 spiro atoms. The van der Waals surface area contributed by atoms with Crippen LogP contribution in [0.15, 0.2) is 53.0 Å². The van der Waals surface area contributed by atoms with Gasteiger partial charge in [-0.3, -0.25) is 14.5 Å². The van der Waals surface area contributed by atoms with Crippen LogP contribution in [0.25, 0.3) is 10.9 Å². The molecule has 0 aliphatic carbocycles. The van der Waals surface area contributed by atoms with Crippen LogP contribution in [0.4, 0.5) is 0 Å². The number of hydrogen-bond donors (Lipinski definition) is 2. The molecule has 2 unspecified atom stereocenters. The molecule has 1 fully saturated rings. The molecule has 5 rings (SSSR count). The summed E-state index contributed by atoms with van der Waals surface area (Å²) in [7, 11) is 1.70. The minimum atomic E-state index is -1.16. The third kappa shape index (κ3) is 3.86. The number of thioether (sulfide) groups is 2. The van der Waals surface area contributed by atoms with Gasteiger partial charge in [0.2, 0.25) is 11.1 Å². The van der Waals surface area contributed by atoms with E-state index >= 15 is 0 Å². The van der Waals surface area contributed by atoms with Gasteiger partial charge in [-0.05, 0) is 33.5 Å². The van der Waals surface area contributed by atoms with E-state index in [1.807, 2.05) is 41.1 Å². The van der Waals surface area contributed by atoms with E-state index in [-0.39, 0.29) is 18.1 Å². The molecule has 0 radical (unpaired) electrons. The number of aromatic nitrogens is 5. The van der Waals surface area contributed by atoms with Crippen molar-refractivity contribution in [2.45, 2.75) is 23.1 Å². The molecule has 2 atom stereocenters. The molecule has 2 aliphatic heterocycles. The molecule has 13 heteroatoms. The third-order valence-corrected chi connectivity index (χ3v) is 7.95. The first-order valence-corrected chi connectivity index (χ1v) is 12.1. The third-order valence-electron chi connectivity index (χ3n) is 5.52. The first kappa shape index (κ1) is 21.5. The Morgan fingerprint density at radius 3 is 2.88 bits per heavy atom. The Morgan fingerprint density at radius 2 is 2.12 bits per heavy atom. The van der Waals surface area contributed by atoms with E-state index in [9.17, 15) is 19.5 Å². The number of hydrogen-bond acceptors (Lipinski definition) is 8. The van der Waals surface area contributed by atoms with Gasteiger partial charge < -0.3 is 15.0 Å². The van der Waals surface area contributed by atoms with Crippen molar-refractivity contribution in [2.24, 2.45) is 7.05 Å². The smallest absolute Gasteiger partial charge is 0.352 e. The maximum absolute atomic E-state index is 12.8. The van der Waals surface area contributed by atoms with E-state index in [0.717, 1.165) is 10.9 Å². The lowest BCUT2D eigenvalue weighted by molar-refractivity contribution is -0.150. The standard InChI is InChI=1S/C20H19N7O4S2/c1-25-20(22-23-24-25)33-10-12-9-32-18-15(17(29)27(18)16(12)19(30)31)21-14(28)8-26-7-6-11-4-2-3-5-13(11)26/h2-7,15,18H,8-10H2,1H3,(H,21,28)(H,30,31). The number of carboxylic acids is 1. The number of carbonyl (C=O) groups excluding carboxylic acids is 2. The van der Waals surface area contributed by atoms with Crippen LogP contribution in [-0.2, 0) is 28.0 Å². The Kier molecular flexibility index (Phi) is 5.58. The summed E-state index contributed by atoms with van der Waals surface area (Å²) in [5, 5.41) is 24.9. The van der Waals surface area contributed by atoms with E-state index in [0.29, 0.717) is 22.2 Å². The number of nitrogens with one attached hydrogen (secondary N) is 1. The Bertz CT molecular complexity index is 1300. The lowest BCUT2D eigenvalue weighted by atomic mass is 10.0. The monoisotopic (exact) mass is 485 g/mol. The highest BCUT2D eigenvalue weighted by Gasteiger charge is 2.54. The second-order valence-electron chi connectivity index (χ2n) is 7.59. The van der Waals surface area contributed by atoms with Crippen molar-refractivity contribution in [2.75, 3.05) is 11.5 Å². The van der Waals surface area contributed by atoms with E-state index in [1.54, 1.807) is 7.05 Å². The molecular weight excluding hydrogens is 466 g/mol. The average molecular weight is 486 g/mol. The summed E-state index contributed by atoms with van der Waals surface area (Å²) in [4.78, 5) is 38.8. The number of tetrazole rings is 1. The predicted octanol–water partition coefficient (Wildman–Crippen LogP) is 0.696. The number of nitrogens with zero attached hydrogens (tertiary/aromatic N) is 6. The zero-order chi connectivity index (χ0) is 23.1. The average Bonchev–Trinajstić information content (AvgIpc) is 3.41. The fourth-order valence-electron chi connectivity index (χ4n) is 3.94. The molecule has 2 N–H and O–H groups in total. The molecule has 170 valence electrons. The van der Waals surface area contributed by atoms with Crippen molar-refractivity contribution in [3.8, 4) is 0 Å². The van der Waals surface area contributed by atoms with Crippen molar-refractivity contribution in [3.05, 3.63) is 47.8 Å². The van der Waals surface area contributed by atoms with E-state index in [1.165, 1.54) is 33.1 Å². The topological polar surface area (TPSA) is 135 Å². The van der Waals surface area contributed by atoms with Crippen LogP contribution < -0.4 is 5.32 Å². The summed E-state index contributed by atoms with van der Waals surface area (Å²) in [5.74, 6) is -1.10. The Labute approximate surface area is 196 Å². The second-order valence-corrected chi connectivity index (χ2v) is 9.64. The number of carbonyl (C=O) groups is 3. The summed E-state index contributed by atoms with van der Waals surface area (Å²) in [5.41, 5.74) is 1.53. The lowest BCUT2D eigenvalue weighted by Gasteiger charge is -2.49. The second kappa shape index (κ2) is 8.56.